The molecule has 7 atom stereocenters. The quantitative estimate of drug-likeness (QED) is 0.511. The molecule has 0 amide bonds. The zero-order valence-electron chi connectivity index (χ0n) is 20.2. The van der Waals surface area contributed by atoms with E-state index in [-0.39, 0.29) is 22.7 Å². The summed E-state index contributed by atoms with van der Waals surface area (Å²) in [6.45, 7) is 13.8. The van der Waals surface area contributed by atoms with Crippen molar-refractivity contribution in [2.45, 2.75) is 111 Å². The molecule has 2 fully saturated rings. The van der Waals surface area contributed by atoms with Crippen LogP contribution < -0.4 is 0 Å². The average Bonchev–Trinajstić information content (AvgIpc) is 3.00. The summed E-state index contributed by atoms with van der Waals surface area (Å²) in [4.78, 5) is 13.1. The minimum Gasteiger partial charge on any atom is -0.431 e. The van der Waals surface area contributed by atoms with E-state index in [1.165, 1.54) is 44.1 Å². The van der Waals surface area contributed by atoms with E-state index in [9.17, 15) is 9.90 Å². The zero-order chi connectivity index (χ0) is 21.9. The van der Waals surface area contributed by atoms with Gasteiger partial charge in [0.1, 0.15) is 5.76 Å². The number of allylic oxidation sites excluding steroid dienone is 2. The Bertz CT molecular complexity index is 720. The molecule has 3 heteroatoms. The van der Waals surface area contributed by atoms with Gasteiger partial charge < -0.3 is 9.84 Å². The highest BCUT2D eigenvalue weighted by Gasteiger charge is 2.60. The fourth-order valence-corrected chi connectivity index (χ4v) is 7.82. The third kappa shape index (κ3) is 3.57. The fraction of sp³-hybridized carbons (Fsp3) is 0.889. The summed E-state index contributed by atoms with van der Waals surface area (Å²) < 4.78 is 6.17. The number of rotatable bonds is 5. The molecular weight excluding hydrogens is 372 g/mol. The lowest BCUT2D eigenvalue weighted by Gasteiger charge is -2.54. The number of hydrogen-bond acceptors (Lipinski definition) is 3. The minimum atomic E-state index is -0.742. The molecule has 0 aromatic heterocycles. The minimum absolute atomic E-state index is 0.0751. The van der Waals surface area contributed by atoms with Crippen LogP contribution in [0.3, 0.4) is 0 Å². The van der Waals surface area contributed by atoms with Crippen LogP contribution in [0, 0.1) is 40.4 Å². The first-order valence-electron chi connectivity index (χ1n) is 12.7. The van der Waals surface area contributed by atoms with Gasteiger partial charge in [0.25, 0.3) is 0 Å². The SMILES string of the molecule is CC(C)CCC[C@@H](C)[C@H]1CC[C@H]2C3=C(CC[C@]12C)[C@@]1(C)CC[C@](C)(O)C[C@H]1C(=O)O3. The standard InChI is InChI=1S/C27H44O3/c1-17(2)8-7-9-18(3)19-10-11-20-23-21(12-13-26(19,20)5)27(6)15-14-25(4,29)16-22(27)24(28)30-23/h17-20,22,29H,7-16H2,1-6H3/t18-,19-,20+,22+,25+,26-,27-/m1/s1. The van der Waals surface area contributed by atoms with Gasteiger partial charge in [-0.1, -0.05) is 53.9 Å². The monoisotopic (exact) mass is 416 g/mol. The van der Waals surface area contributed by atoms with Crippen LogP contribution in [0.1, 0.15) is 106 Å². The van der Waals surface area contributed by atoms with Crippen LogP contribution in [-0.2, 0) is 9.53 Å². The highest BCUT2D eigenvalue weighted by molar-refractivity contribution is 5.77. The molecule has 4 rings (SSSR count). The normalized spacial score (nSPS) is 44.4. The van der Waals surface area contributed by atoms with E-state index in [1.807, 2.05) is 6.92 Å². The van der Waals surface area contributed by atoms with E-state index in [2.05, 4.69) is 34.6 Å². The lowest BCUT2D eigenvalue weighted by molar-refractivity contribution is -0.163. The Morgan fingerprint density at radius 1 is 1.03 bits per heavy atom. The first kappa shape index (κ1) is 22.4. The molecule has 3 nitrogen and oxygen atoms in total. The largest absolute Gasteiger partial charge is 0.431 e. The summed E-state index contributed by atoms with van der Waals surface area (Å²) in [5.74, 6) is 3.48. The molecule has 1 heterocycles. The van der Waals surface area contributed by atoms with Crippen molar-refractivity contribution in [3.63, 3.8) is 0 Å². The molecular formula is C27H44O3. The fourth-order valence-electron chi connectivity index (χ4n) is 7.82. The van der Waals surface area contributed by atoms with E-state index < -0.39 is 5.60 Å². The van der Waals surface area contributed by atoms with E-state index in [0.717, 1.165) is 42.8 Å². The number of carbonyl (C=O) groups is 1. The Kier molecular flexibility index (Phi) is 5.70. The van der Waals surface area contributed by atoms with Crippen LogP contribution in [-0.4, -0.2) is 16.7 Å². The van der Waals surface area contributed by atoms with E-state index >= 15 is 0 Å². The van der Waals surface area contributed by atoms with Gasteiger partial charge in [-0.3, -0.25) is 4.79 Å². The summed E-state index contributed by atoms with van der Waals surface area (Å²) >= 11 is 0. The lowest BCUT2D eigenvalue weighted by atomic mass is 9.53. The van der Waals surface area contributed by atoms with Crippen LogP contribution in [0.2, 0.25) is 0 Å². The zero-order valence-corrected chi connectivity index (χ0v) is 20.2. The van der Waals surface area contributed by atoms with Crippen molar-refractivity contribution in [3.8, 4) is 0 Å². The molecule has 1 N–H and O–H groups in total. The first-order chi connectivity index (χ1) is 14.0. The molecule has 3 aliphatic carbocycles. The topological polar surface area (TPSA) is 46.5 Å². The number of esters is 1. The van der Waals surface area contributed by atoms with Crippen molar-refractivity contribution >= 4 is 5.97 Å². The Balaban J connectivity index is 1.57. The second-order valence-corrected chi connectivity index (χ2v) is 12.5. The molecule has 0 aromatic rings. The van der Waals surface area contributed by atoms with Crippen molar-refractivity contribution in [1.29, 1.82) is 0 Å². The second kappa shape index (κ2) is 7.64. The molecule has 1 aliphatic heterocycles. The first-order valence-corrected chi connectivity index (χ1v) is 12.7. The van der Waals surface area contributed by atoms with Gasteiger partial charge in [0, 0.05) is 11.3 Å². The molecule has 0 bridgehead atoms. The van der Waals surface area contributed by atoms with Crippen LogP contribution in [0.25, 0.3) is 0 Å². The van der Waals surface area contributed by atoms with Crippen LogP contribution in [0.5, 0.6) is 0 Å². The number of carbonyl (C=O) groups excluding carboxylic acids is 1. The van der Waals surface area contributed by atoms with Gasteiger partial charge >= 0.3 is 5.97 Å². The van der Waals surface area contributed by atoms with Crippen LogP contribution in [0.4, 0.5) is 0 Å². The van der Waals surface area contributed by atoms with Crippen molar-refractivity contribution in [3.05, 3.63) is 11.3 Å². The predicted molar refractivity (Wildman–Crippen MR) is 121 cm³/mol. The summed E-state index contributed by atoms with van der Waals surface area (Å²) in [6.07, 6.45) is 10.9. The Morgan fingerprint density at radius 2 is 1.77 bits per heavy atom. The molecule has 0 radical (unpaired) electrons. The van der Waals surface area contributed by atoms with Crippen molar-refractivity contribution < 1.29 is 14.6 Å². The lowest BCUT2D eigenvalue weighted by Crippen LogP contribution is -2.52. The smallest absolute Gasteiger partial charge is 0.315 e. The Morgan fingerprint density at radius 3 is 2.47 bits per heavy atom. The number of hydrogen-bond donors (Lipinski definition) is 1. The number of aliphatic hydroxyl groups is 1. The van der Waals surface area contributed by atoms with E-state index in [4.69, 9.17) is 4.74 Å². The summed E-state index contributed by atoms with van der Waals surface area (Å²) in [5.41, 5.74) is 0.835. The van der Waals surface area contributed by atoms with Gasteiger partial charge in [0.2, 0.25) is 0 Å². The summed E-state index contributed by atoms with van der Waals surface area (Å²) in [5, 5.41) is 10.6. The maximum Gasteiger partial charge on any atom is 0.315 e. The average molecular weight is 417 g/mol. The van der Waals surface area contributed by atoms with Crippen LogP contribution >= 0.6 is 0 Å². The van der Waals surface area contributed by atoms with Crippen LogP contribution in [0.15, 0.2) is 11.3 Å². The third-order valence-electron chi connectivity index (χ3n) is 9.85. The summed E-state index contributed by atoms with van der Waals surface area (Å²) in [7, 11) is 0. The molecule has 2 saturated carbocycles. The Hall–Kier alpha value is -0.830. The maximum atomic E-state index is 13.1. The highest BCUT2D eigenvalue weighted by Crippen LogP contribution is 2.65. The molecule has 4 aliphatic rings. The molecule has 0 saturated heterocycles. The molecule has 0 aromatic carbocycles. The van der Waals surface area contributed by atoms with Gasteiger partial charge in [-0.2, -0.15) is 0 Å². The van der Waals surface area contributed by atoms with Crippen molar-refractivity contribution in [1.82, 2.24) is 0 Å². The number of ether oxygens (including phenoxy) is 1. The maximum absolute atomic E-state index is 13.1. The molecule has 170 valence electrons. The van der Waals surface area contributed by atoms with Gasteiger partial charge in [0.15, 0.2) is 0 Å². The van der Waals surface area contributed by atoms with Gasteiger partial charge in [-0.15, -0.1) is 0 Å². The van der Waals surface area contributed by atoms with E-state index in [0.29, 0.717) is 12.3 Å². The van der Waals surface area contributed by atoms with Crippen molar-refractivity contribution in [2.75, 3.05) is 0 Å². The third-order valence-corrected chi connectivity index (χ3v) is 9.85. The van der Waals surface area contributed by atoms with Gasteiger partial charge in [-0.05, 0) is 80.6 Å². The summed E-state index contributed by atoms with van der Waals surface area (Å²) in [6, 6.07) is 0. The number of fused-ring (bicyclic) bond motifs is 4. The second-order valence-electron chi connectivity index (χ2n) is 12.5. The van der Waals surface area contributed by atoms with E-state index in [1.54, 1.807) is 0 Å². The van der Waals surface area contributed by atoms with Gasteiger partial charge in [0.05, 0.1) is 11.5 Å². The molecule has 30 heavy (non-hydrogen) atoms. The van der Waals surface area contributed by atoms with Crippen molar-refractivity contribution in [2.24, 2.45) is 40.4 Å². The highest BCUT2D eigenvalue weighted by atomic mass is 16.5. The molecule has 0 spiro atoms. The molecule has 0 unspecified atom stereocenters. The predicted octanol–water partition coefficient (Wildman–Crippen LogP) is 6.64. The Labute approximate surface area is 184 Å². The van der Waals surface area contributed by atoms with Gasteiger partial charge in [-0.25, -0.2) is 0 Å².